The SMILES string of the molecule is COc1ccc(NC(=O)CNC(=O)CN(C(=O)CC(C)(C)C)C(C)C)cc1. The van der Waals surface area contributed by atoms with E-state index in [4.69, 9.17) is 4.74 Å². The lowest BCUT2D eigenvalue weighted by Gasteiger charge is -2.29. The molecule has 0 aromatic heterocycles. The Balaban J connectivity index is 2.51. The number of nitrogens with one attached hydrogen (secondary N) is 2. The Morgan fingerprint density at radius 3 is 2.15 bits per heavy atom. The maximum Gasteiger partial charge on any atom is 0.243 e. The van der Waals surface area contributed by atoms with Crippen molar-refractivity contribution in [3.05, 3.63) is 24.3 Å². The number of amides is 3. The van der Waals surface area contributed by atoms with E-state index >= 15 is 0 Å². The van der Waals surface area contributed by atoms with Crippen LogP contribution in [0.25, 0.3) is 0 Å². The standard InChI is InChI=1S/C20H31N3O4/c1-14(2)23(19(26)11-20(3,4)5)13-18(25)21-12-17(24)22-15-7-9-16(27-6)10-8-15/h7-10,14H,11-13H2,1-6H3,(H,21,25)(H,22,24). The van der Waals surface area contributed by atoms with Crippen LogP contribution in [0.5, 0.6) is 5.75 Å². The summed E-state index contributed by atoms with van der Waals surface area (Å²) in [6.07, 6.45) is 0.358. The normalized spacial score (nSPS) is 11.1. The van der Waals surface area contributed by atoms with Crippen LogP contribution in [0.4, 0.5) is 5.69 Å². The highest BCUT2D eigenvalue weighted by atomic mass is 16.5. The van der Waals surface area contributed by atoms with Crippen molar-refractivity contribution >= 4 is 23.4 Å². The lowest BCUT2D eigenvalue weighted by Crippen LogP contribution is -2.46. The summed E-state index contributed by atoms with van der Waals surface area (Å²) in [6, 6.07) is 6.79. The minimum absolute atomic E-state index is 0.0671. The molecular weight excluding hydrogens is 346 g/mol. The molecule has 0 saturated heterocycles. The molecule has 0 radical (unpaired) electrons. The molecule has 150 valence electrons. The lowest BCUT2D eigenvalue weighted by atomic mass is 9.91. The van der Waals surface area contributed by atoms with Crippen LogP contribution in [0.3, 0.4) is 0 Å². The molecule has 1 aromatic carbocycles. The van der Waals surface area contributed by atoms with Crippen LogP contribution < -0.4 is 15.4 Å². The quantitative estimate of drug-likeness (QED) is 0.728. The molecule has 1 rings (SSSR count). The predicted octanol–water partition coefficient (Wildman–Crippen LogP) is 2.42. The first-order chi connectivity index (χ1) is 12.5. The topological polar surface area (TPSA) is 87.7 Å². The minimum Gasteiger partial charge on any atom is -0.497 e. The molecule has 7 nitrogen and oxygen atoms in total. The van der Waals surface area contributed by atoms with Crippen molar-refractivity contribution in [2.45, 2.75) is 47.1 Å². The first kappa shape index (κ1) is 22.5. The number of anilines is 1. The molecule has 0 bridgehead atoms. The van der Waals surface area contributed by atoms with Crippen LogP contribution in [-0.2, 0) is 14.4 Å². The predicted molar refractivity (Wildman–Crippen MR) is 106 cm³/mol. The van der Waals surface area contributed by atoms with E-state index in [1.54, 1.807) is 31.4 Å². The van der Waals surface area contributed by atoms with Gasteiger partial charge in [-0.25, -0.2) is 0 Å². The summed E-state index contributed by atoms with van der Waals surface area (Å²) in [5.74, 6) is -0.0909. The number of hydrogen-bond donors (Lipinski definition) is 2. The van der Waals surface area contributed by atoms with E-state index in [1.807, 2.05) is 34.6 Å². The molecule has 0 aliphatic carbocycles. The fourth-order valence-corrected chi connectivity index (χ4v) is 2.38. The van der Waals surface area contributed by atoms with Gasteiger partial charge in [0.05, 0.1) is 20.2 Å². The fraction of sp³-hybridized carbons (Fsp3) is 0.550. The van der Waals surface area contributed by atoms with Crippen molar-refractivity contribution in [3.63, 3.8) is 0 Å². The third kappa shape index (κ3) is 8.57. The summed E-state index contributed by atoms with van der Waals surface area (Å²) < 4.78 is 5.06. The maximum atomic E-state index is 12.4. The number of carbonyl (C=O) groups is 3. The van der Waals surface area contributed by atoms with E-state index in [0.29, 0.717) is 17.9 Å². The maximum absolute atomic E-state index is 12.4. The second-order valence-corrected chi connectivity index (χ2v) is 7.91. The molecule has 0 aliphatic rings. The summed E-state index contributed by atoms with van der Waals surface area (Å²) in [5.41, 5.74) is 0.457. The van der Waals surface area contributed by atoms with Gasteiger partial charge in [-0.1, -0.05) is 20.8 Å². The number of carbonyl (C=O) groups excluding carboxylic acids is 3. The first-order valence-electron chi connectivity index (χ1n) is 9.02. The van der Waals surface area contributed by atoms with Gasteiger partial charge >= 0.3 is 0 Å². The van der Waals surface area contributed by atoms with E-state index in [-0.39, 0.29) is 42.3 Å². The monoisotopic (exact) mass is 377 g/mol. The number of hydrogen-bond acceptors (Lipinski definition) is 4. The molecular formula is C20H31N3O4. The molecule has 3 amide bonds. The smallest absolute Gasteiger partial charge is 0.243 e. The van der Waals surface area contributed by atoms with Gasteiger partial charge < -0.3 is 20.3 Å². The Morgan fingerprint density at radius 2 is 1.67 bits per heavy atom. The van der Waals surface area contributed by atoms with E-state index in [1.165, 1.54) is 4.90 Å². The van der Waals surface area contributed by atoms with Gasteiger partial charge in [0.25, 0.3) is 0 Å². The molecule has 0 spiro atoms. The molecule has 0 saturated carbocycles. The van der Waals surface area contributed by atoms with Crippen LogP contribution in [0, 0.1) is 5.41 Å². The molecule has 0 fully saturated rings. The highest BCUT2D eigenvalue weighted by molar-refractivity contribution is 5.95. The zero-order valence-electron chi connectivity index (χ0n) is 17.1. The molecule has 1 aromatic rings. The molecule has 0 aliphatic heterocycles. The van der Waals surface area contributed by atoms with Gasteiger partial charge in [-0.15, -0.1) is 0 Å². The van der Waals surface area contributed by atoms with Crippen molar-refractivity contribution in [1.82, 2.24) is 10.2 Å². The Morgan fingerprint density at radius 1 is 1.07 bits per heavy atom. The first-order valence-corrected chi connectivity index (χ1v) is 9.02. The van der Waals surface area contributed by atoms with Crippen molar-refractivity contribution in [2.24, 2.45) is 5.41 Å². The van der Waals surface area contributed by atoms with Crippen LogP contribution in [0.1, 0.15) is 41.0 Å². The zero-order chi connectivity index (χ0) is 20.6. The van der Waals surface area contributed by atoms with Crippen LogP contribution in [-0.4, -0.2) is 48.9 Å². The molecule has 2 N–H and O–H groups in total. The van der Waals surface area contributed by atoms with E-state index in [2.05, 4.69) is 10.6 Å². The van der Waals surface area contributed by atoms with Gasteiger partial charge in [0, 0.05) is 18.2 Å². The largest absolute Gasteiger partial charge is 0.497 e. The summed E-state index contributed by atoms with van der Waals surface area (Å²) in [7, 11) is 1.57. The average Bonchev–Trinajstić information content (AvgIpc) is 2.56. The molecule has 0 atom stereocenters. The van der Waals surface area contributed by atoms with Crippen LogP contribution >= 0.6 is 0 Å². The van der Waals surface area contributed by atoms with Crippen LogP contribution in [0.15, 0.2) is 24.3 Å². The highest BCUT2D eigenvalue weighted by Crippen LogP contribution is 2.20. The molecule has 27 heavy (non-hydrogen) atoms. The van der Waals surface area contributed by atoms with Crippen molar-refractivity contribution in [1.29, 1.82) is 0 Å². The second kappa shape index (κ2) is 9.94. The second-order valence-electron chi connectivity index (χ2n) is 7.91. The number of nitrogens with zero attached hydrogens (tertiary/aromatic N) is 1. The van der Waals surface area contributed by atoms with Gasteiger partial charge in [-0.05, 0) is 43.5 Å². The third-order valence-electron chi connectivity index (χ3n) is 3.76. The summed E-state index contributed by atoms with van der Waals surface area (Å²) in [4.78, 5) is 38.1. The Kier molecular flexibility index (Phi) is 8.28. The summed E-state index contributed by atoms with van der Waals surface area (Å²) in [6.45, 7) is 9.44. The van der Waals surface area contributed by atoms with E-state index in [9.17, 15) is 14.4 Å². The van der Waals surface area contributed by atoms with Crippen LogP contribution in [0.2, 0.25) is 0 Å². The number of benzene rings is 1. The van der Waals surface area contributed by atoms with Gasteiger partial charge in [-0.3, -0.25) is 14.4 Å². The average molecular weight is 377 g/mol. The Hall–Kier alpha value is -2.57. The van der Waals surface area contributed by atoms with Crippen molar-refractivity contribution in [2.75, 3.05) is 25.5 Å². The Bertz CT molecular complexity index is 648. The van der Waals surface area contributed by atoms with Crippen molar-refractivity contribution in [3.8, 4) is 5.75 Å². The number of ether oxygens (including phenoxy) is 1. The van der Waals surface area contributed by atoms with E-state index in [0.717, 1.165) is 0 Å². The van der Waals surface area contributed by atoms with Gasteiger partial charge in [-0.2, -0.15) is 0 Å². The minimum atomic E-state index is -0.365. The highest BCUT2D eigenvalue weighted by Gasteiger charge is 2.24. The van der Waals surface area contributed by atoms with Crippen molar-refractivity contribution < 1.29 is 19.1 Å². The summed E-state index contributed by atoms with van der Waals surface area (Å²) in [5, 5.41) is 5.25. The number of methoxy groups -OCH3 is 1. The molecule has 0 unspecified atom stereocenters. The summed E-state index contributed by atoms with van der Waals surface area (Å²) >= 11 is 0. The molecule has 7 heteroatoms. The number of rotatable bonds is 8. The Labute approximate surface area is 161 Å². The zero-order valence-corrected chi connectivity index (χ0v) is 17.1. The van der Waals surface area contributed by atoms with Gasteiger partial charge in [0.1, 0.15) is 5.75 Å². The van der Waals surface area contributed by atoms with E-state index < -0.39 is 0 Å². The lowest BCUT2D eigenvalue weighted by molar-refractivity contribution is -0.139. The van der Waals surface area contributed by atoms with Gasteiger partial charge in [0.2, 0.25) is 17.7 Å². The molecule has 0 heterocycles. The third-order valence-corrected chi connectivity index (χ3v) is 3.76. The van der Waals surface area contributed by atoms with Gasteiger partial charge in [0.15, 0.2) is 0 Å². The fourth-order valence-electron chi connectivity index (χ4n) is 2.38.